The number of carbonyl (C=O) groups is 1. The van der Waals surface area contributed by atoms with Crippen LogP contribution in [0.15, 0.2) is 29.3 Å². The third kappa shape index (κ3) is 6.03. The first kappa shape index (κ1) is 22.5. The molecule has 0 saturated carbocycles. The number of para-hydroxylation sites is 1. The molecule has 2 rings (SSSR count). The zero-order valence-corrected chi connectivity index (χ0v) is 18.5. The van der Waals surface area contributed by atoms with Gasteiger partial charge < -0.3 is 19.9 Å². The Morgan fingerprint density at radius 3 is 2.58 bits per heavy atom. The third-order valence-corrected chi connectivity index (χ3v) is 4.34. The molecule has 6 nitrogen and oxygen atoms in total. The van der Waals surface area contributed by atoms with Gasteiger partial charge in [0, 0.05) is 33.1 Å². The van der Waals surface area contributed by atoms with Crippen molar-refractivity contribution in [3.05, 3.63) is 29.8 Å². The van der Waals surface area contributed by atoms with Gasteiger partial charge in [0.25, 0.3) is 0 Å². The van der Waals surface area contributed by atoms with E-state index in [1.807, 2.05) is 55.8 Å². The van der Waals surface area contributed by atoms with Crippen LogP contribution in [-0.2, 0) is 11.2 Å². The van der Waals surface area contributed by atoms with Crippen molar-refractivity contribution in [1.29, 1.82) is 0 Å². The molecule has 0 radical (unpaired) electrons. The smallest absolute Gasteiger partial charge is 0.242 e. The molecule has 1 atom stereocenters. The monoisotopic (exact) mass is 474 g/mol. The number of amides is 1. The number of hydrogen-bond donors (Lipinski definition) is 1. The Hall–Kier alpha value is -1.51. The summed E-state index contributed by atoms with van der Waals surface area (Å²) in [5.74, 6) is 1.81. The van der Waals surface area contributed by atoms with Gasteiger partial charge in [-0.2, -0.15) is 0 Å². The second-order valence-corrected chi connectivity index (χ2v) is 6.17. The molecule has 0 aromatic heterocycles. The number of carbonyl (C=O) groups excluding carboxylic acids is 1. The minimum Gasteiger partial charge on any atom is -0.488 e. The molecule has 0 spiro atoms. The Balaban J connectivity index is 0.00000338. The first-order valence-corrected chi connectivity index (χ1v) is 9.10. The fourth-order valence-corrected chi connectivity index (χ4v) is 2.97. The summed E-state index contributed by atoms with van der Waals surface area (Å²) >= 11 is 0. The van der Waals surface area contributed by atoms with Crippen molar-refractivity contribution in [2.45, 2.75) is 33.3 Å². The van der Waals surface area contributed by atoms with Gasteiger partial charge in [-0.05, 0) is 32.4 Å². The van der Waals surface area contributed by atoms with Crippen molar-refractivity contribution in [3.8, 4) is 5.75 Å². The minimum atomic E-state index is 0. The van der Waals surface area contributed by atoms with Gasteiger partial charge in [-0.3, -0.25) is 4.79 Å². The van der Waals surface area contributed by atoms with Crippen LogP contribution in [0.1, 0.15) is 26.3 Å². The van der Waals surface area contributed by atoms with E-state index in [4.69, 9.17) is 4.74 Å². The lowest BCUT2D eigenvalue weighted by molar-refractivity contribution is -0.131. The van der Waals surface area contributed by atoms with Crippen molar-refractivity contribution < 1.29 is 9.53 Å². The van der Waals surface area contributed by atoms with Gasteiger partial charge in [0.1, 0.15) is 11.9 Å². The number of halogens is 1. The number of ether oxygens (including phenoxy) is 1. The molecule has 0 aliphatic carbocycles. The van der Waals surface area contributed by atoms with Gasteiger partial charge in [-0.15, -0.1) is 24.0 Å². The third-order valence-electron chi connectivity index (χ3n) is 4.34. The first-order valence-electron chi connectivity index (χ1n) is 9.10. The molecule has 1 unspecified atom stereocenters. The summed E-state index contributed by atoms with van der Waals surface area (Å²) in [7, 11) is 1.90. The maximum absolute atomic E-state index is 12.3. The predicted octanol–water partition coefficient (Wildman–Crippen LogP) is 2.37. The fraction of sp³-hybridized carbons (Fsp3) is 0.579. The van der Waals surface area contributed by atoms with Gasteiger partial charge in [0.05, 0.1) is 13.1 Å². The van der Waals surface area contributed by atoms with E-state index in [1.54, 1.807) is 0 Å². The quantitative estimate of drug-likeness (QED) is 0.375. The standard InChI is InChI=1S/C19H30N4O2.HI/c1-5-20-19(22(4)14-18(24)23(6-2)7-3)21-13-16-12-15-10-8-9-11-17(15)25-16;/h8-11,16H,5-7,12-14H2,1-4H3,(H,20,21);1H. The molecule has 0 bridgehead atoms. The van der Waals surface area contributed by atoms with Crippen LogP contribution in [0.25, 0.3) is 0 Å². The number of fused-ring (bicyclic) bond motifs is 1. The van der Waals surface area contributed by atoms with Crippen molar-refractivity contribution in [2.24, 2.45) is 4.99 Å². The van der Waals surface area contributed by atoms with E-state index in [0.717, 1.165) is 37.8 Å². The molecule has 0 saturated heterocycles. The molecular formula is C19H31IN4O2. The van der Waals surface area contributed by atoms with E-state index in [-0.39, 0.29) is 36.0 Å². The Morgan fingerprint density at radius 2 is 1.96 bits per heavy atom. The van der Waals surface area contributed by atoms with E-state index < -0.39 is 0 Å². The Kier molecular flexibility index (Phi) is 9.75. The molecule has 26 heavy (non-hydrogen) atoms. The molecule has 1 aliphatic heterocycles. The Labute approximate surface area is 174 Å². The van der Waals surface area contributed by atoms with Crippen LogP contribution < -0.4 is 10.1 Å². The van der Waals surface area contributed by atoms with Crippen LogP contribution in [0, 0.1) is 0 Å². The lowest BCUT2D eigenvalue weighted by Gasteiger charge is -2.25. The summed E-state index contributed by atoms with van der Waals surface area (Å²) in [5, 5.41) is 3.26. The number of guanidine groups is 1. The normalized spacial score (nSPS) is 15.5. The van der Waals surface area contributed by atoms with Crippen LogP contribution in [0.4, 0.5) is 0 Å². The summed E-state index contributed by atoms with van der Waals surface area (Å²) in [6.07, 6.45) is 0.930. The van der Waals surface area contributed by atoms with Crippen molar-refractivity contribution in [2.75, 3.05) is 39.8 Å². The van der Waals surface area contributed by atoms with Crippen LogP contribution in [-0.4, -0.2) is 67.5 Å². The number of nitrogens with zero attached hydrogens (tertiary/aromatic N) is 3. The number of rotatable bonds is 7. The second-order valence-electron chi connectivity index (χ2n) is 6.17. The van der Waals surface area contributed by atoms with Gasteiger partial charge in [-0.1, -0.05) is 18.2 Å². The van der Waals surface area contributed by atoms with Crippen LogP contribution in [0.3, 0.4) is 0 Å². The predicted molar refractivity (Wildman–Crippen MR) is 117 cm³/mol. The highest BCUT2D eigenvalue weighted by molar-refractivity contribution is 14.0. The Bertz CT molecular complexity index is 580. The average molecular weight is 474 g/mol. The summed E-state index contributed by atoms with van der Waals surface area (Å²) in [6, 6.07) is 8.11. The number of benzene rings is 1. The first-order chi connectivity index (χ1) is 12.1. The number of nitrogens with one attached hydrogen (secondary N) is 1. The van der Waals surface area contributed by atoms with Crippen molar-refractivity contribution in [3.63, 3.8) is 0 Å². The minimum absolute atomic E-state index is 0. The fourth-order valence-electron chi connectivity index (χ4n) is 2.97. The lowest BCUT2D eigenvalue weighted by atomic mass is 10.1. The van der Waals surface area contributed by atoms with Crippen LogP contribution >= 0.6 is 24.0 Å². The molecule has 1 aliphatic rings. The SMILES string of the molecule is CCNC(=NCC1Cc2ccccc2O1)N(C)CC(=O)N(CC)CC.I. The van der Waals surface area contributed by atoms with Gasteiger partial charge >= 0.3 is 0 Å². The summed E-state index contributed by atoms with van der Waals surface area (Å²) in [4.78, 5) is 20.7. The highest BCUT2D eigenvalue weighted by Crippen LogP contribution is 2.28. The molecule has 7 heteroatoms. The summed E-state index contributed by atoms with van der Waals surface area (Å²) in [5.41, 5.74) is 1.23. The molecule has 146 valence electrons. The zero-order chi connectivity index (χ0) is 18.2. The Morgan fingerprint density at radius 1 is 1.27 bits per heavy atom. The highest BCUT2D eigenvalue weighted by Gasteiger charge is 2.22. The van der Waals surface area contributed by atoms with Gasteiger partial charge in [0.2, 0.25) is 5.91 Å². The van der Waals surface area contributed by atoms with Crippen molar-refractivity contribution in [1.82, 2.24) is 15.1 Å². The van der Waals surface area contributed by atoms with Crippen LogP contribution in [0.5, 0.6) is 5.75 Å². The van der Waals surface area contributed by atoms with E-state index in [9.17, 15) is 4.79 Å². The molecule has 1 aromatic rings. The summed E-state index contributed by atoms with van der Waals surface area (Å²) in [6.45, 7) is 9.12. The number of likely N-dealkylation sites (N-methyl/N-ethyl adjacent to an activating group) is 2. The number of aliphatic imine (C=N–C) groups is 1. The second kappa shape index (κ2) is 11.3. The maximum atomic E-state index is 12.3. The largest absolute Gasteiger partial charge is 0.488 e. The topological polar surface area (TPSA) is 57.2 Å². The maximum Gasteiger partial charge on any atom is 0.242 e. The summed E-state index contributed by atoms with van der Waals surface area (Å²) < 4.78 is 5.94. The molecule has 1 amide bonds. The molecule has 1 aromatic carbocycles. The molecular weight excluding hydrogens is 443 g/mol. The lowest BCUT2D eigenvalue weighted by Crippen LogP contribution is -2.46. The molecule has 1 N–H and O–H groups in total. The van der Waals surface area contributed by atoms with Gasteiger partial charge in [-0.25, -0.2) is 4.99 Å². The van der Waals surface area contributed by atoms with E-state index >= 15 is 0 Å². The molecule has 0 fully saturated rings. The van der Waals surface area contributed by atoms with Gasteiger partial charge in [0.15, 0.2) is 5.96 Å². The van der Waals surface area contributed by atoms with E-state index in [2.05, 4.69) is 16.4 Å². The highest BCUT2D eigenvalue weighted by atomic mass is 127. The van der Waals surface area contributed by atoms with E-state index in [1.165, 1.54) is 5.56 Å². The van der Waals surface area contributed by atoms with Crippen LogP contribution in [0.2, 0.25) is 0 Å². The zero-order valence-electron chi connectivity index (χ0n) is 16.2. The molecule has 1 heterocycles. The van der Waals surface area contributed by atoms with E-state index in [0.29, 0.717) is 13.1 Å². The van der Waals surface area contributed by atoms with Crippen molar-refractivity contribution >= 4 is 35.8 Å². The number of hydrogen-bond acceptors (Lipinski definition) is 3. The average Bonchev–Trinajstić information content (AvgIpc) is 3.02.